The van der Waals surface area contributed by atoms with E-state index in [4.69, 9.17) is 5.73 Å². The van der Waals surface area contributed by atoms with Crippen molar-refractivity contribution in [2.45, 2.75) is 44.7 Å². The molecule has 2 aliphatic rings. The Morgan fingerprint density at radius 3 is 2.67 bits per heavy atom. The minimum absolute atomic E-state index is 0.176. The molecule has 8 heteroatoms. The van der Waals surface area contributed by atoms with E-state index in [-0.39, 0.29) is 23.9 Å². The lowest BCUT2D eigenvalue weighted by atomic mass is 9.97. The van der Waals surface area contributed by atoms with Crippen molar-refractivity contribution in [3.63, 3.8) is 0 Å². The van der Waals surface area contributed by atoms with E-state index < -0.39 is 17.9 Å². The van der Waals surface area contributed by atoms with Crippen LogP contribution in [0, 0.1) is 0 Å². The highest BCUT2D eigenvalue weighted by molar-refractivity contribution is 6.05. The maximum atomic E-state index is 12.9. The average molecular weight is 406 g/mol. The summed E-state index contributed by atoms with van der Waals surface area (Å²) in [5, 5.41) is 2.32. The molecule has 0 saturated carbocycles. The molecule has 1 saturated heterocycles. The maximum Gasteiger partial charge on any atom is 0.267 e. The van der Waals surface area contributed by atoms with Crippen molar-refractivity contribution in [2.75, 3.05) is 0 Å². The first-order valence-electron chi connectivity index (χ1n) is 9.95. The number of rotatable bonds is 6. The first-order chi connectivity index (χ1) is 14.5. The molecule has 0 aliphatic carbocycles. The molecular formula is C22H22N4O4. The normalized spacial score (nSPS) is 18.3. The van der Waals surface area contributed by atoms with E-state index >= 15 is 0 Å². The van der Waals surface area contributed by atoms with Gasteiger partial charge in [-0.25, -0.2) is 0 Å². The largest absolute Gasteiger partial charge is 0.364 e. The van der Waals surface area contributed by atoms with E-state index in [0.29, 0.717) is 31.4 Å². The summed E-state index contributed by atoms with van der Waals surface area (Å²) in [6, 6.07) is 8.61. The van der Waals surface area contributed by atoms with Gasteiger partial charge in [-0.2, -0.15) is 0 Å². The predicted octanol–water partition coefficient (Wildman–Crippen LogP) is 1.12. The van der Waals surface area contributed by atoms with Gasteiger partial charge in [0.1, 0.15) is 11.7 Å². The molecule has 4 rings (SSSR count). The number of amides is 4. The third-order valence-corrected chi connectivity index (χ3v) is 5.70. The van der Waals surface area contributed by atoms with Crippen LogP contribution in [0.15, 0.2) is 36.5 Å². The fourth-order valence-electron chi connectivity index (χ4n) is 4.22. The van der Waals surface area contributed by atoms with Crippen molar-refractivity contribution in [1.29, 1.82) is 0 Å². The molecule has 3 N–H and O–H groups in total. The van der Waals surface area contributed by atoms with E-state index in [1.54, 1.807) is 23.2 Å². The van der Waals surface area contributed by atoms with Crippen LogP contribution in [-0.2, 0) is 29.0 Å². The van der Waals surface area contributed by atoms with E-state index in [1.165, 1.54) is 0 Å². The Balaban J connectivity index is 1.48. The molecule has 0 spiro atoms. The zero-order valence-electron chi connectivity index (χ0n) is 16.4. The van der Waals surface area contributed by atoms with Crippen LogP contribution >= 0.6 is 0 Å². The van der Waals surface area contributed by atoms with Gasteiger partial charge >= 0.3 is 0 Å². The number of primary amides is 1. The molecular weight excluding hydrogens is 384 g/mol. The standard InChI is InChI=1S/C22H22N4O4/c23-20(28)19-14(7-3-11-24-19)6-1-4-13-5-2-8-15-16(13)12-26(22(15)30)17-9-10-18(27)25-21(17)29/h2-3,5,7-8,11,17H,1,4,6,9-10,12H2,(H2,23,28)(H,25,27,29). The number of imide groups is 1. The predicted molar refractivity (Wildman–Crippen MR) is 107 cm³/mol. The summed E-state index contributed by atoms with van der Waals surface area (Å²) in [5.74, 6) is -1.43. The fourth-order valence-corrected chi connectivity index (χ4v) is 4.22. The number of hydrogen-bond acceptors (Lipinski definition) is 5. The van der Waals surface area contributed by atoms with Gasteiger partial charge in [-0.05, 0) is 54.5 Å². The molecule has 1 unspecified atom stereocenters. The monoisotopic (exact) mass is 406 g/mol. The van der Waals surface area contributed by atoms with Crippen LogP contribution in [-0.4, -0.2) is 39.6 Å². The van der Waals surface area contributed by atoms with Crippen LogP contribution in [0.3, 0.4) is 0 Å². The van der Waals surface area contributed by atoms with Crippen molar-refractivity contribution in [3.05, 3.63) is 64.5 Å². The SMILES string of the molecule is NC(=O)c1ncccc1CCCc1cccc2c1CN(C1CCC(=O)NC1=O)C2=O. The number of nitrogens with one attached hydrogen (secondary N) is 1. The number of aromatic nitrogens is 1. The molecule has 1 atom stereocenters. The van der Waals surface area contributed by atoms with Gasteiger partial charge in [0.25, 0.3) is 11.8 Å². The van der Waals surface area contributed by atoms with Gasteiger partial charge in [0.05, 0.1) is 0 Å². The molecule has 2 aliphatic heterocycles. The lowest BCUT2D eigenvalue weighted by Gasteiger charge is -2.29. The second-order valence-electron chi connectivity index (χ2n) is 7.57. The van der Waals surface area contributed by atoms with Crippen molar-refractivity contribution in [2.24, 2.45) is 5.73 Å². The summed E-state index contributed by atoms with van der Waals surface area (Å²) in [7, 11) is 0. The highest BCUT2D eigenvalue weighted by atomic mass is 16.2. The summed E-state index contributed by atoms with van der Waals surface area (Å²) >= 11 is 0. The Bertz CT molecular complexity index is 1050. The quantitative estimate of drug-likeness (QED) is 0.696. The van der Waals surface area contributed by atoms with Crippen LogP contribution < -0.4 is 11.1 Å². The van der Waals surface area contributed by atoms with Gasteiger partial charge in [0.15, 0.2) is 0 Å². The van der Waals surface area contributed by atoms with E-state index in [1.807, 2.05) is 18.2 Å². The number of fused-ring (bicyclic) bond motifs is 1. The zero-order chi connectivity index (χ0) is 21.3. The minimum Gasteiger partial charge on any atom is -0.364 e. The Labute approximate surface area is 173 Å². The van der Waals surface area contributed by atoms with Gasteiger partial charge in [-0.1, -0.05) is 18.2 Å². The number of nitrogens with zero attached hydrogens (tertiary/aromatic N) is 2. The lowest BCUT2D eigenvalue weighted by molar-refractivity contribution is -0.136. The number of benzene rings is 1. The van der Waals surface area contributed by atoms with Crippen molar-refractivity contribution in [1.82, 2.24) is 15.2 Å². The third kappa shape index (κ3) is 3.68. The Hall–Kier alpha value is -3.55. The van der Waals surface area contributed by atoms with Crippen molar-refractivity contribution < 1.29 is 19.2 Å². The Kier molecular flexibility index (Phi) is 5.31. The van der Waals surface area contributed by atoms with Crippen LogP contribution in [0.5, 0.6) is 0 Å². The van der Waals surface area contributed by atoms with Crippen LogP contribution in [0.1, 0.15) is 56.8 Å². The van der Waals surface area contributed by atoms with Crippen LogP contribution in [0.2, 0.25) is 0 Å². The number of carbonyl (C=O) groups is 4. The first kappa shape index (κ1) is 19.8. The molecule has 4 amide bonds. The second kappa shape index (κ2) is 8.06. The maximum absolute atomic E-state index is 12.9. The summed E-state index contributed by atoms with van der Waals surface area (Å²) in [6.07, 6.45) is 4.23. The molecule has 0 radical (unpaired) electrons. The van der Waals surface area contributed by atoms with Crippen LogP contribution in [0.25, 0.3) is 0 Å². The van der Waals surface area contributed by atoms with Gasteiger partial charge in [0.2, 0.25) is 11.8 Å². The molecule has 1 aromatic heterocycles. The number of carbonyl (C=O) groups excluding carboxylic acids is 4. The highest BCUT2D eigenvalue weighted by Crippen LogP contribution is 2.30. The number of pyridine rings is 1. The van der Waals surface area contributed by atoms with Crippen LogP contribution in [0.4, 0.5) is 0 Å². The molecule has 8 nitrogen and oxygen atoms in total. The Morgan fingerprint density at radius 2 is 1.90 bits per heavy atom. The topological polar surface area (TPSA) is 122 Å². The molecule has 1 fully saturated rings. The van der Waals surface area contributed by atoms with E-state index in [0.717, 1.165) is 23.1 Å². The summed E-state index contributed by atoms with van der Waals surface area (Å²) in [6.45, 7) is 0.357. The fraction of sp³-hybridized carbons (Fsp3) is 0.318. The zero-order valence-corrected chi connectivity index (χ0v) is 16.4. The van der Waals surface area contributed by atoms with Gasteiger partial charge in [-0.15, -0.1) is 0 Å². The molecule has 2 aromatic rings. The second-order valence-corrected chi connectivity index (χ2v) is 7.57. The van der Waals surface area contributed by atoms with E-state index in [9.17, 15) is 19.2 Å². The number of hydrogen-bond donors (Lipinski definition) is 2. The number of nitrogens with two attached hydrogens (primary N) is 1. The Morgan fingerprint density at radius 1 is 1.13 bits per heavy atom. The molecule has 30 heavy (non-hydrogen) atoms. The summed E-state index contributed by atoms with van der Waals surface area (Å²) in [4.78, 5) is 53.7. The highest BCUT2D eigenvalue weighted by Gasteiger charge is 2.39. The smallest absolute Gasteiger partial charge is 0.267 e. The molecule has 1 aromatic carbocycles. The minimum atomic E-state index is -0.621. The summed E-state index contributed by atoms with van der Waals surface area (Å²) in [5.41, 5.74) is 9.06. The van der Waals surface area contributed by atoms with E-state index in [2.05, 4.69) is 10.3 Å². The van der Waals surface area contributed by atoms with Gasteiger partial charge in [0, 0.05) is 24.7 Å². The molecule has 3 heterocycles. The van der Waals surface area contributed by atoms with Gasteiger partial charge < -0.3 is 10.6 Å². The van der Waals surface area contributed by atoms with Crippen molar-refractivity contribution >= 4 is 23.6 Å². The average Bonchev–Trinajstić information content (AvgIpc) is 3.06. The summed E-state index contributed by atoms with van der Waals surface area (Å²) < 4.78 is 0. The lowest BCUT2D eigenvalue weighted by Crippen LogP contribution is -2.52. The molecule has 154 valence electrons. The molecule has 0 bridgehead atoms. The number of piperidine rings is 1. The number of aryl methyl sites for hydroxylation is 2. The first-order valence-corrected chi connectivity index (χ1v) is 9.95. The van der Waals surface area contributed by atoms with Gasteiger partial charge in [-0.3, -0.25) is 29.5 Å². The third-order valence-electron chi connectivity index (χ3n) is 5.70. The van der Waals surface area contributed by atoms with Crippen molar-refractivity contribution in [3.8, 4) is 0 Å².